The molecule has 0 aromatic heterocycles. The average Bonchev–Trinajstić information content (AvgIpc) is 2.74. The zero-order valence-corrected chi connectivity index (χ0v) is 16.1. The molecule has 0 saturated carbocycles. The smallest absolute Gasteiger partial charge is 0.312 e. The first kappa shape index (κ1) is 20.1. The number of amides is 3. The van der Waals surface area contributed by atoms with Crippen molar-refractivity contribution in [2.24, 2.45) is 5.73 Å². The van der Waals surface area contributed by atoms with Crippen LogP contribution in [-0.2, 0) is 11.2 Å². The fourth-order valence-corrected chi connectivity index (χ4v) is 3.34. The Labute approximate surface area is 170 Å². The van der Waals surface area contributed by atoms with E-state index in [1.165, 1.54) is 0 Å². The van der Waals surface area contributed by atoms with Crippen molar-refractivity contribution in [1.82, 2.24) is 10.6 Å². The topological polar surface area (TPSA) is 84.2 Å². The SMILES string of the molecule is NC(=O)N[C@H](CC(=O)N[C@@H](Cc1ccccc1)c1ccccc1)c1ccccc1. The quantitative estimate of drug-likeness (QED) is 0.548. The molecule has 0 fully saturated rings. The zero-order valence-electron chi connectivity index (χ0n) is 16.1. The Kier molecular flexibility index (Phi) is 7.00. The van der Waals surface area contributed by atoms with Gasteiger partial charge in [0.05, 0.1) is 18.5 Å². The highest BCUT2D eigenvalue weighted by molar-refractivity contribution is 5.79. The Morgan fingerprint density at radius 1 is 0.690 bits per heavy atom. The molecule has 0 radical (unpaired) electrons. The third-order valence-electron chi connectivity index (χ3n) is 4.73. The van der Waals surface area contributed by atoms with E-state index in [0.29, 0.717) is 6.42 Å². The summed E-state index contributed by atoms with van der Waals surface area (Å²) in [6.45, 7) is 0. The van der Waals surface area contributed by atoms with Crippen LogP contribution in [0.15, 0.2) is 91.0 Å². The minimum absolute atomic E-state index is 0.102. The number of urea groups is 1. The highest BCUT2D eigenvalue weighted by Crippen LogP contribution is 2.21. The molecule has 5 nitrogen and oxygen atoms in total. The maximum atomic E-state index is 12.9. The lowest BCUT2D eigenvalue weighted by atomic mass is 9.98. The lowest BCUT2D eigenvalue weighted by Gasteiger charge is -2.22. The maximum absolute atomic E-state index is 12.9. The fourth-order valence-electron chi connectivity index (χ4n) is 3.34. The van der Waals surface area contributed by atoms with Crippen LogP contribution >= 0.6 is 0 Å². The Morgan fingerprint density at radius 3 is 1.69 bits per heavy atom. The van der Waals surface area contributed by atoms with Crippen LogP contribution in [0.1, 0.15) is 35.2 Å². The number of hydrogen-bond donors (Lipinski definition) is 3. The third kappa shape index (κ3) is 6.21. The van der Waals surface area contributed by atoms with Crippen molar-refractivity contribution < 1.29 is 9.59 Å². The van der Waals surface area contributed by atoms with Gasteiger partial charge in [-0.1, -0.05) is 91.0 Å². The van der Waals surface area contributed by atoms with Crippen molar-refractivity contribution in [2.75, 3.05) is 0 Å². The number of hydrogen-bond acceptors (Lipinski definition) is 2. The summed E-state index contributed by atoms with van der Waals surface area (Å²) in [6.07, 6.45) is 0.779. The molecule has 0 bridgehead atoms. The summed E-state index contributed by atoms with van der Waals surface area (Å²) in [5.74, 6) is -0.155. The van der Waals surface area contributed by atoms with E-state index in [0.717, 1.165) is 16.7 Å². The molecule has 0 aliphatic rings. The first-order valence-corrected chi connectivity index (χ1v) is 9.61. The second-order valence-corrected chi connectivity index (χ2v) is 6.90. The molecule has 0 aliphatic heterocycles. The number of primary amides is 1. The summed E-state index contributed by atoms with van der Waals surface area (Å²) in [4.78, 5) is 24.3. The normalized spacial score (nSPS) is 12.6. The number of rotatable bonds is 8. The molecule has 0 heterocycles. The van der Waals surface area contributed by atoms with Crippen molar-refractivity contribution in [3.63, 3.8) is 0 Å². The van der Waals surface area contributed by atoms with E-state index < -0.39 is 12.1 Å². The molecule has 3 rings (SSSR count). The molecule has 3 aromatic rings. The number of carbonyl (C=O) groups excluding carboxylic acids is 2. The van der Waals surface area contributed by atoms with E-state index >= 15 is 0 Å². The van der Waals surface area contributed by atoms with Crippen LogP contribution in [0.5, 0.6) is 0 Å². The number of benzene rings is 3. The average molecular weight is 387 g/mol. The van der Waals surface area contributed by atoms with E-state index in [1.54, 1.807) is 0 Å². The molecule has 148 valence electrons. The van der Waals surface area contributed by atoms with Crippen molar-refractivity contribution >= 4 is 11.9 Å². The summed E-state index contributed by atoms with van der Waals surface area (Å²) in [5.41, 5.74) is 8.32. The monoisotopic (exact) mass is 387 g/mol. The van der Waals surface area contributed by atoms with Crippen molar-refractivity contribution in [2.45, 2.75) is 24.9 Å². The maximum Gasteiger partial charge on any atom is 0.312 e. The molecule has 5 heteroatoms. The van der Waals surface area contributed by atoms with Gasteiger partial charge in [0.1, 0.15) is 0 Å². The van der Waals surface area contributed by atoms with Gasteiger partial charge >= 0.3 is 6.03 Å². The van der Waals surface area contributed by atoms with Crippen LogP contribution < -0.4 is 16.4 Å². The number of carbonyl (C=O) groups is 2. The van der Waals surface area contributed by atoms with Gasteiger partial charge in [0.2, 0.25) is 5.91 Å². The summed E-state index contributed by atoms with van der Waals surface area (Å²) in [7, 11) is 0. The molecule has 4 N–H and O–H groups in total. The molecule has 0 unspecified atom stereocenters. The third-order valence-corrected chi connectivity index (χ3v) is 4.73. The lowest BCUT2D eigenvalue weighted by Crippen LogP contribution is -2.38. The van der Waals surface area contributed by atoms with E-state index in [-0.39, 0.29) is 18.4 Å². The molecule has 0 saturated heterocycles. The van der Waals surface area contributed by atoms with Gasteiger partial charge < -0.3 is 16.4 Å². The van der Waals surface area contributed by atoms with E-state index in [4.69, 9.17) is 5.73 Å². The van der Waals surface area contributed by atoms with Gasteiger partial charge in [-0.15, -0.1) is 0 Å². The molecule has 3 aromatic carbocycles. The molecule has 0 spiro atoms. The van der Waals surface area contributed by atoms with Gasteiger partial charge in [0, 0.05) is 0 Å². The van der Waals surface area contributed by atoms with Gasteiger partial charge in [-0.05, 0) is 23.1 Å². The first-order valence-electron chi connectivity index (χ1n) is 9.61. The first-order chi connectivity index (χ1) is 14.1. The van der Waals surface area contributed by atoms with Gasteiger partial charge in [0.15, 0.2) is 0 Å². The van der Waals surface area contributed by atoms with Gasteiger partial charge in [-0.25, -0.2) is 4.79 Å². The molecule has 0 aliphatic carbocycles. The molecular weight excluding hydrogens is 362 g/mol. The van der Waals surface area contributed by atoms with Gasteiger partial charge in [0.25, 0.3) is 0 Å². The minimum atomic E-state index is -0.657. The zero-order chi connectivity index (χ0) is 20.5. The second-order valence-electron chi connectivity index (χ2n) is 6.90. The van der Waals surface area contributed by atoms with Gasteiger partial charge in [-0.2, -0.15) is 0 Å². The van der Waals surface area contributed by atoms with Crippen molar-refractivity contribution in [3.8, 4) is 0 Å². The Bertz CT molecular complexity index is 915. The standard InChI is InChI=1S/C24H25N3O2/c25-24(29)27-22(20-14-8-3-9-15-20)17-23(28)26-21(19-12-6-2-7-13-19)16-18-10-4-1-5-11-18/h1-15,21-22H,16-17H2,(H,26,28)(H3,25,27,29)/t21-,22+/m0/s1. The highest BCUT2D eigenvalue weighted by atomic mass is 16.2. The highest BCUT2D eigenvalue weighted by Gasteiger charge is 2.20. The van der Waals surface area contributed by atoms with Crippen LogP contribution in [0.2, 0.25) is 0 Å². The minimum Gasteiger partial charge on any atom is -0.352 e. The van der Waals surface area contributed by atoms with E-state index in [1.807, 2.05) is 91.0 Å². The fraction of sp³-hybridized carbons (Fsp3) is 0.167. The van der Waals surface area contributed by atoms with Crippen LogP contribution in [0, 0.1) is 0 Å². The molecule has 2 atom stereocenters. The molecule has 29 heavy (non-hydrogen) atoms. The van der Waals surface area contributed by atoms with Crippen LogP contribution in [-0.4, -0.2) is 11.9 Å². The molecular formula is C24H25N3O2. The van der Waals surface area contributed by atoms with Gasteiger partial charge in [-0.3, -0.25) is 4.79 Å². The summed E-state index contributed by atoms with van der Waals surface area (Å²) in [6, 6.07) is 28.0. The predicted molar refractivity (Wildman–Crippen MR) is 114 cm³/mol. The second kappa shape index (κ2) is 10.1. The Morgan fingerprint density at radius 2 is 1.17 bits per heavy atom. The largest absolute Gasteiger partial charge is 0.352 e. The van der Waals surface area contributed by atoms with Crippen molar-refractivity contribution in [3.05, 3.63) is 108 Å². The molecule has 3 amide bonds. The number of nitrogens with two attached hydrogens (primary N) is 1. The van der Waals surface area contributed by atoms with Crippen LogP contribution in [0.4, 0.5) is 4.79 Å². The lowest BCUT2D eigenvalue weighted by molar-refractivity contribution is -0.122. The summed E-state index contributed by atoms with van der Waals surface area (Å²) < 4.78 is 0. The van der Waals surface area contributed by atoms with E-state index in [2.05, 4.69) is 10.6 Å². The number of nitrogens with one attached hydrogen (secondary N) is 2. The van der Waals surface area contributed by atoms with Crippen LogP contribution in [0.25, 0.3) is 0 Å². The van der Waals surface area contributed by atoms with Crippen LogP contribution in [0.3, 0.4) is 0 Å². The summed E-state index contributed by atoms with van der Waals surface area (Å²) >= 11 is 0. The predicted octanol–water partition coefficient (Wildman–Crippen LogP) is 3.89. The Balaban J connectivity index is 1.75. The summed E-state index contributed by atoms with van der Waals surface area (Å²) in [5, 5.41) is 5.79. The van der Waals surface area contributed by atoms with Crippen molar-refractivity contribution in [1.29, 1.82) is 0 Å². The van der Waals surface area contributed by atoms with E-state index in [9.17, 15) is 9.59 Å². The Hall–Kier alpha value is -3.60.